The highest BCUT2D eigenvalue weighted by molar-refractivity contribution is 5.99. The van der Waals surface area contributed by atoms with Crippen LogP contribution in [-0.4, -0.2) is 11.9 Å². The Bertz CT molecular complexity index is 194. The molecule has 4 heteroatoms. The van der Waals surface area contributed by atoms with E-state index in [1.54, 1.807) is 6.92 Å². The van der Waals surface area contributed by atoms with E-state index in [2.05, 4.69) is 22.2 Å². The summed E-state index contributed by atoms with van der Waals surface area (Å²) in [6, 6.07) is -0.271. The van der Waals surface area contributed by atoms with Crippen LogP contribution in [0.2, 0.25) is 0 Å². The van der Waals surface area contributed by atoms with E-state index in [-0.39, 0.29) is 6.03 Å². The highest BCUT2D eigenvalue weighted by Crippen LogP contribution is 1.91. The molecule has 0 saturated heterocycles. The van der Waals surface area contributed by atoms with E-state index in [9.17, 15) is 4.79 Å². The van der Waals surface area contributed by atoms with Gasteiger partial charge < -0.3 is 0 Å². The van der Waals surface area contributed by atoms with Gasteiger partial charge in [-0.2, -0.15) is 0 Å². The molecule has 1 aliphatic heterocycles. The van der Waals surface area contributed by atoms with Crippen molar-refractivity contribution in [3.8, 4) is 0 Å². The first-order valence-electron chi connectivity index (χ1n) is 2.50. The van der Waals surface area contributed by atoms with Gasteiger partial charge in [0.2, 0.25) is 0 Å². The van der Waals surface area contributed by atoms with Crippen molar-refractivity contribution >= 4 is 11.9 Å². The molecule has 0 radical (unpaired) electrons. The Kier molecular flexibility index (Phi) is 1.22. The number of amidine groups is 1. The first-order valence-corrected chi connectivity index (χ1v) is 2.50. The zero-order valence-corrected chi connectivity index (χ0v) is 5.06. The Morgan fingerprint density at radius 3 is 2.67 bits per heavy atom. The Labute approximate surface area is 52.7 Å². The summed E-state index contributed by atoms with van der Waals surface area (Å²) in [5, 5.41) is 4.83. The third-order valence-electron chi connectivity index (χ3n) is 0.855. The summed E-state index contributed by atoms with van der Waals surface area (Å²) in [5.74, 6) is 0.958. The van der Waals surface area contributed by atoms with Gasteiger partial charge in [-0.15, -0.1) is 0 Å². The maximum Gasteiger partial charge on any atom is 0.325 e. The van der Waals surface area contributed by atoms with Gasteiger partial charge in [-0.25, -0.2) is 9.79 Å². The predicted octanol–water partition coefficient (Wildman–Crippen LogP) is 0.189. The molecule has 0 aromatic carbocycles. The van der Waals surface area contributed by atoms with Crippen molar-refractivity contribution in [1.29, 1.82) is 0 Å². The third kappa shape index (κ3) is 1.28. The molecule has 1 heterocycles. The van der Waals surface area contributed by atoms with Crippen LogP contribution in [0.1, 0.15) is 6.92 Å². The number of urea groups is 1. The highest BCUT2D eigenvalue weighted by Gasteiger charge is 2.07. The van der Waals surface area contributed by atoms with Gasteiger partial charge in [-0.3, -0.25) is 10.6 Å². The van der Waals surface area contributed by atoms with Crippen LogP contribution in [0, 0.1) is 0 Å². The van der Waals surface area contributed by atoms with Crippen LogP contribution in [0.25, 0.3) is 0 Å². The van der Waals surface area contributed by atoms with Gasteiger partial charge in [0.25, 0.3) is 0 Å². The summed E-state index contributed by atoms with van der Waals surface area (Å²) in [4.78, 5) is 14.3. The molecule has 1 rings (SSSR count). The Morgan fingerprint density at radius 2 is 2.22 bits per heavy atom. The molecule has 0 atom stereocenters. The quantitative estimate of drug-likeness (QED) is 0.477. The molecule has 9 heavy (non-hydrogen) atoms. The first kappa shape index (κ1) is 5.81. The van der Waals surface area contributed by atoms with Crippen LogP contribution in [0.3, 0.4) is 0 Å². The Morgan fingerprint density at radius 1 is 1.56 bits per heavy atom. The van der Waals surface area contributed by atoms with Crippen molar-refractivity contribution in [3.63, 3.8) is 0 Å². The molecule has 0 aromatic heterocycles. The summed E-state index contributed by atoms with van der Waals surface area (Å²) in [6.07, 6.45) is 0. The van der Waals surface area contributed by atoms with Gasteiger partial charge in [0, 0.05) is 0 Å². The van der Waals surface area contributed by atoms with Gasteiger partial charge in [0.05, 0.1) is 0 Å². The third-order valence-corrected chi connectivity index (χ3v) is 0.855. The number of nitrogens with one attached hydrogen (secondary N) is 2. The summed E-state index contributed by atoms with van der Waals surface area (Å²) in [5.41, 5.74) is 0. The van der Waals surface area contributed by atoms with Crippen LogP contribution in [0.5, 0.6) is 0 Å². The molecule has 0 fully saturated rings. The normalized spacial score (nSPS) is 18.1. The van der Waals surface area contributed by atoms with Crippen molar-refractivity contribution in [2.75, 3.05) is 0 Å². The second kappa shape index (κ2) is 1.89. The lowest BCUT2D eigenvalue weighted by molar-refractivity contribution is 0.246. The fourth-order valence-corrected chi connectivity index (χ4v) is 0.585. The van der Waals surface area contributed by atoms with E-state index in [1.807, 2.05) is 0 Å². The average Bonchev–Trinajstić information content (AvgIpc) is 1.59. The van der Waals surface area contributed by atoms with Gasteiger partial charge in [-0.1, -0.05) is 6.58 Å². The van der Waals surface area contributed by atoms with Crippen LogP contribution in [0.4, 0.5) is 4.79 Å². The van der Waals surface area contributed by atoms with E-state index >= 15 is 0 Å². The molecule has 0 bridgehead atoms. The minimum atomic E-state index is -0.271. The second-order valence-corrected chi connectivity index (χ2v) is 1.72. The summed E-state index contributed by atoms with van der Waals surface area (Å²) >= 11 is 0. The number of hydrogen-bond donors (Lipinski definition) is 2. The van der Waals surface area contributed by atoms with Crippen LogP contribution >= 0.6 is 0 Å². The predicted molar refractivity (Wildman–Crippen MR) is 33.9 cm³/mol. The molecule has 0 saturated carbocycles. The van der Waals surface area contributed by atoms with Crippen molar-refractivity contribution in [2.45, 2.75) is 6.92 Å². The van der Waals surface area contributed by atoms with E-state index in [0.717, 1.165) is 0 Å². The van der Waals surface area contributed by atoms with E-state index < -0.39 is 0 Å². The smallest absolute Gasteiger partial charge is 0.296 e. The van der Waals surface area contributed by atoms with Crippen molar-refractivity contribution < 1.29 is 4.79 Å². The topological polar surface area (TPSA) is 53.5 Å². The number of aliphatic imine (C=N–C) groups is 1. The molecule has 4 nitrogen and oxygen atoms in total. The molecule has 0 aromatic rings. The molecular formula is C5H7N3O. The van der Waals surface area contributed by atoms with Crippen LogP contribution in [0.15, 0.2) is 17.4 Å². The maximum atomic E-state index is 10.5. The molecule has 0 aliphatic carbocycles. The van der Waals surface area contributed by atoms with Crippen LogP contribution in [-0.2, 0) is 0 Å². The average molecular weight is 125 g/mol. The molecular weight excluding hydrogens is 118 g/mol. The number of nitrogens with zero attached hydrogens (tertiary/aromatic N) is 1. The molecule has 1 aliphatic rings. The van der Waals surface area contributed by atoms with Gasteiger partial charge in [-0.05, 0) is 6.92 Å². The largest absolute Gasteiger partial charge is 0.325 e. The summed E-state index contributed by atoms with van der Waals surface area (Å²) < 4.78 is 0. The lowest BCUT2D eigenvalue weighted by Crippen LogP contribution is -2.41. The minimum Gasteiger partial charge on any atom is -0.296 e. The second-order valence-electron chi connectivity index (χ2n) is 1.72. The zero-order chi connectivity index (χ0) is 6.85. The van der Waals surface area contributed by atoms with Gasteiger partial charge in [0.15, 0.2) is 0 Å². The summed E-state index contributed by atoms with van der Waals surface area (Å²) in [6.45, 7) is 5.15. The zero-order valence-electron chi connectivity index (χ0n) is 5.06. The lowest BCUT2D eigenvalue weighted by atomic mass is 10.6. The summed E-state index contributed by atoms with van der Waals surface area (Å²) in [7, 11) is 0. The van der Waals surface area contributed by atoms with Crippen LogP contribution < -0.4 is 10.6 Å². The number of carbonyl (C=O) groups is 1. The number of hydrogen-bond acceptors (Lipinski definition) is 2. The van der Waals surface area contributed by atoms with E-state index in [4.69, 9.17) is 0 Å². The van der Waals surface area contributed by atoms with E-state index in [0.29, 0.717) is 11.7 Å². The highest BCUT2D eigenvalue weighted by atomic mass is 16.2. The minimum absolute atomic E-state index is 0.271. The standard InChI is InChI=1S/C5H7N3O/c1-3-6-4(2)8-5(9)7-3/h1H2,2H3,(H2,6,7,8,9). The van der Waals surface area contributed by atoms with Crippen molar-refractivity contribution in [3.05, 3.63) is 12.4 Å². The molecule has 0 unspecified atom stereocenters. The monoisotopic (exact) mass is 125 g/mol. The molecule has 2 N–H and O–H groups in total. The molecule has 0 spiro atoms. The van der Waals surface area contributed by atoms with Gasteiger partial charge in [0.1, 0.15) is 11.7 Å². The number of amides is 2. The van der Waals surface area contributed by atoms with Crippen molar-refractivity contribution in [2.24, 2.45) is 4.99 Å². The molecule has 48 valence electrons. The maximum absolute atomic E-state index is 10.5. The fraction of sp³-hybridized carbons (Fsp3) is 0.200. The van der Waals surface area contributed by atoms with E-state index in [1.165, 1.54) is 0 Å². The van der Waals surface area contributed by atoms with Crippen molar-refractivity contribution in [1.82, 2.24) is 10.6 Å². The Balaban J connectivity index is 2.79. The first-order chi connectivity index (χ1) is 4.18. The number of carbonyl (C=O) groups excluding carboxylic acids is 1. The molecule has 2 amide bonds. The fourth-order valence-electron chi connectivity index (χ4n) is 0.585. The number of rotatable bonds is 0. The lowest BCUT2D eigenvalue weighted by Gasteiger charge is -2.11. The van der Waals surface area contributed by atoms with Gasteiger partial charge >= 0.3 is 6.03 Å². The Hall–Kier alpha value is -1.32. The SMILES string of the molecule is C=C1N=C(C)NC(=O)N1.